The van der Waals surface area contributed by atoms with Crippen molar-refractivity contribution in [2.24, 2.45) is 16.6 Å². The molecule has 0 atom stereocenters. The van der Waals surface area contributed by atoms with Gasteiger partial charge in [0.25, 0.3) is 25.9 Å². The van der Waals surface area contributed by atoms with Crippen molar-refractivity contribution in [1.82, 2.24) is 100 Å². The summed E-state index contributed by atoms with van der Waals surface area (Å²) in [4.78, 5) is 70.7. The van der Waals surface area contributed by atoms with Crippen LogP contribution in [0.25, 0.3) is 68.8 Å². The Labute approximate surface area is 907 Å². The van der Waals surface area contributed by atoms with E-state index in [9.17, 15) is 98.5 Å². The molecule has 56 nitrogen and oxygen atoms in total. The molecule has 148 heavy (non-hydrogen) atoms. The molecule has 10 N–H and O–H groups in total. The van der Waals surface area contributed by atoms with E-state index in [-0.39, 0.29) is 164 Å². The van der Waals surface area contributed by atoms with Crippen LogP contribution in [0.15, 0.2) is 179 Å². The van der Waals surface area contributed by atoms with Crippen LogP contribution in [0.3, 0.4) is 0 Å². The molecule has 0 fully saturated rings. The van der Waals surface area contributed by atoms with Gasteiger partial charge in [0.05, 0.1) is 88.1 Å². The van der Waals surface area contributed by atoms with E-state index in [4.69, 9.17) is 61.8 Å². The first kappa shape index (κ1) is 128. The van der Waals surface area contributed by atoms with E-state index in [1.54, 1.807) is 12.1 Å². The Morgan fingerprint density at radius 1 is 0.453 bits per heavy atom. The molecule has 0 radical (unpaired) electrons. The minimum absolute atomic E-state index is 0. The second kappa shape index (κ2) is 61.4. The SMILES string of the molecule is CN.CONS(=O)(=O)CCCCc1nonc1-c1noc(=O)n1-c1ccc(F)c(Br)c1.CONS(=O)(=O)CCCCc1nonc1/C(Cc1ccc(F)c(Br)c1)=N/O.NCCCS(=O)(=O)O.O=S(Cl)Cl.O=c1onc(-c2nonc2CCCCS(=O)(=O)Cl)n1-c1ccc(F)c(Br)c1.O=c1onc(-c2nonc2CCCCS(=O)(=O)O)n1-c1ccc(F)c(Br)c1.O=c1onc(-c2nonc2[N+](=O)[O-])n1-c1ccc(F)c(Br)c1.[Na+].[OH-]. The number of nitro groups is 1. The van der Waals surface area contributed by atoms with E-state index >= 15 is 0 Å². The number of nitrogens with zero attached hydrogens (tertiary/aromatic N) is 20. The monoisotopic (exact) mass is 2600 g/mol. The van der Waals surface area contributed by atoms with Crippen molar-refractivity contribution in [1.29, 1.82) is 0 Å². The first-order valence-electron chi connectivity index (χ1n) is 39.9. The fourth-order valence-corrected chi connectivity index (χ4v) is 17.3. The summed E-state index contributed by atoms with van der Waals surface area (Å²) >= 11 is 15.2. The van der Waals surface area contributed by atoms with Gasteiger partial charge in [0.15, 0.2) is 27.9 Å². The maximum Gasteiger partial charge on any atom is 1.00 e. The third kappa shape index (κ3) is 40.2. The molecule has 0 aliphatic carbocycles. The van der Waals surface area contributed by atoms with Crippen molar-refractivity contribution in [2.75, 3.05) is 56.6 Å². The molecule has 0 saturated heterocycles. The summed E-state index contributed by atoms with van der Waals surface area (Å²) in [6.07, 6.45) is 4.72. The van der Waals surface area contributed by atoms with E-state index in [2.05, 4.69) is 203 Å². The number of hydrogen-bond acceptors (Lipinski definition) is 47. The first-order valence-corrected chi connectivity index (χ1v) is 55.7. The maximum absolute atomic E-state index is 13.5. The number of oxime groups is 1. The summed E-state index contributed by atoms with van der Waals surface area (Å²) in [6, 6.07) is 19.8. The molecule has 802 valence electrons. The van der Waals surface area contributed by atoms with Crippen LogP contribution in [0, 0.1) is 39.2 Å². The number of unbranched alkanes of at least 4 members (excludes halogenated alkanes) is 4. The zero-order valence-electron chi connectivity index (χ0n) is 75.5. The standard InChI is InChI=1S/C15H15BrFN5O6S.C15H18BrFN4O5S.C14H11BrClFN4O5S.C14H12BrFN4O6S.C10H3BrFN5O5.C3H9NO3S.CH5N.Cl2OS.Na.H2O/c1-26-21-29(24,25)7-3-2-4-12-13(19-28-18-12)14-20-27-15(23)22(14)9-5-6-11(17)10(16)8-9;1-25-21-27(23,24)7-3-2-4-13-15(20-26-19-13)14(18-22)9-10-5-6-12(17)11(16)8-10;15-9-7-8(4-5-10(9)17)21-13(20-25-14(21)22)12-11(18-26-19-12)3-1-2-6-27(16,23)24;15-9-7-8(4-5-10(9)16)20-13(19-25-14(20)21)12-11(17-26-18-12)3-1-2-6-27(22,23)24;11-5-3-4(1-2-6(5)12)16-8(14-21-10(16)18)7-9(17(19)20)15-22-13-7;4-2-1-3-8(5,6)7;1-2;1-4(2)3;;/h5-6,8,21H,2-4,7H2,1H3;5-6,8,21-22H,2-4,7,9H2,1H3;4-5,7H,1-3,6H2;4-5,7H,1-3,6H2,(H,22,23,24);1-3H;1-4H2,(H,5,6,7);2H2,1H3;;;1H2/q;;;;;;;;+1;/p-1/b;18-14+;;;;;;;;. The molecule has 76 heteroatoms. The molecule has 0 amide bonds. The predicted molar refractivity (Wildman–Crippen MR) is 517 cm³/mol. The number of hydrogen-bond donors (Lipinski definition) is 7. The summed E-state index contributed by atoms with van der Waals surface area (Å²) in [5.74, 6) is -7.82. The summed E-state index contributed by atoms with van der Waals surface area (Å²) < 4.78 is 249. The maximum atomic E-state index is 13.5. The molecule has 9 heterocycles. The van der Waals surface area contributed by atoms with Crippen molar-refractivity contribution >= 4 is 182 Å². The summed E-state index contributed by atoms with van der Waals surface area (Å²) in [5, 5.41) is 74.6. The number of nitrogens with two attached hydrogens (primary N) is 2. The second-order valence-corrected chi connectivity index (χ2v) is 44.4. The summed E-state index contributed by atoms with van der Waals surface area (Å²) in [5.41, 5.74) is 13.2. The number of halogens is 13. The van der Waals surface area contributed by atoms with Gasteiger partial charge in [-0.1, -0.05) is 62.2 Å². The molecule has 0 saturated carbocycles. The van der Waals surface area contributed by atoms with Crippen molar-refractivity contribution in [3.8, 4) is 68.8 Å². The molecule has 14 rings (SSSR count). The van der Waals surface area contributed by atoms with E-state index < -0.39 is 127 Å². The van der Waals surface area contributed by atoms with Gasteiger partial charge in [0.1, 0.15) is 57.6 Å². The molecule has 0 aliphatic rings. The average Bonchev–Trinajstić information content (AvgIpc) is 1.64. The van der Waals surface area contributed by atoms with Gasteiger partial charge < -0.3 is 32.3 Å². The number of sulfonamides is 2. The van der Waals surface area contributed by atoms with Crippen LogP contribution in [-0.4, -0.2) is 224 Å². The molecule has 0 unspecified atom stereocenters. The minimum atomic E-state index is -4.04. The van der Waals surface area contributed by atoms with Crippen LogP contribution in [0.2, 0.25) is 0 Å². The molecule has 14 aromatic rings. The second-order valence-electron chi connectivity index (χ2n) is 27.9. The molecule has 0 bridgehead atoms. The Kier molecular flexibility index (Phi) is 53.3. The first-order chi connectivity index (χ1) is 69.0. The zero-order chi connectivity index (χ0) is 108. The van der Waals surface area contributed by atoms with E-state index in [0.717, 1.165) is 24.3 Å². The number of aryl methyl sites for hydroxylation is 4. The summed E-state index contributed by atoms with van der Waals surface area (Å²) in [7, 11) is -1.92. The number of rotatable bonds is 39. The molecule has 9 aromatic heterocycles. The molecule has 0 spiro atoms. The van der Waals surface area contributed by atoms with Crippen LogP contribution in [0.4, 0.5) is 27.8 Å². The number of nitrogens with one attached hydrogen (secondary N) is 2. The van der Waals surface area contributed by atoms with Gasteiger partial charge in [-0.2, -0.15) is 16.8 Å². The Hall–Kier alpha value is -10.1. The third-order valence-corrected chi connectivity index (χ3v) is 26.2. The van der Waals surface area contributed by atoms with Crippen molar-refractivity contribution in [3.05, 3.63) is 229 Å². The molecular weight excluding hydrogens is 2530 g/mol. The Bertz CT molecular complexity index is 7520. The predicted octanol–water partition coefficient (Wildman–Crippen LogP) is 6.79. The van der Waals surface area contributed by atoms with Crippen LogP contribution >= 0.6 is 112 Å². The number of benzene rings is 5. The normalized spacial score (nSPS) is 11.4. The fourth-order valence-electron chi connectivity index (χ4n) is 11.6. The van der Waals surface area contributed by atoms with Crippen LogP contribution in [0.5, 0.6) is 0 Å². The van der Waals surface area contributed by atoms with Crippen molar-refractivity contribution in [3.63, 3.8) is 0 Å². The zero-order valence-corrected chi connectivity index (χ0v) is 92.6. The van der Waals surface area contributed by atoms with Gasteiger partial charge in [-0.15, -0.1) is 4.63 Å². The van der Waals surface area contributed by atoms with Gasteiger partial charge in [0, 0.05) is 38.5 Å². The van der Waals surface area contributed by atoms with Gasteiger partial charge in [-0.05, 0) is 298 Å². The Balaban J connectivity index is 0.000000314. The van der Waals surface area contributed by atoms with Gasteiger partial charge in [-0.25, -0.2) is 107 Å². The largest absolute Gasteiger partial charge is 1.00 e. The third-order valence-electron chi connectivity index (χ3n) is 17.8. The fraction of sp³-hybridized carbons (Fsp3) is 0.319. The quantitative estimate of drug-likeness (QED) is 0.00240. The summed E-state index contributed by atoms with van der Waals surface area (Å²) in [6.45, 7) is 0.291. The van der Waals surface area contributed by atoms with E-state index in [0.29, 0.717) is 121 Å². The van der Waals surface area contributed by atoms with E-state index in [1.807, 2.05) is 9.77 Å². The smallest absolute Gasteiger partial charge is 0.870 e. The van der Waals surface area contributed by atoms with Crippen molar-refractivity contribution in [2.45, 2.75) is 89.9 Å². The topological polar surface area (TPSA) is 815 Å². The van der Waals surface area contributed by atoms with Gasteiger partial charge in [-0.3, -0.25) is 36.9 Å². The number of aromatic nitrogens is 18. The van der Waals surface area contributed by atoms with Gasteiger partial charge in [0.2, 0.25) is 61.6 Å². The van der Waals surface area contributed by atoms with Crippen LogP contribution in [-0.2, 0) is 100 Å². The average molecular weight is 2600 g/mol. The molecular formula is C72H74Br5Cl3F5N24NaO32S6. The van der Waals surface area contributed by atoms with Crippen LogP contribution < -0.4 is 73.8 Å². The Morgan fingerprint density at radius 2 is 0.736 bits per heavy atom. The van der Waals surface area contributed by atoms with Gasteiger partial charge >= 0.3 is 58.4 Å². The Morgan fingerprint density at radius 3 is 1.03 bits per heavy atom. The molecule has 5 aromatic carbocycles. The van der Waals surface area contributed by atoms with Crippen molar-refractivity contribution < 1.29 is 173 Å². The van der Waals surface area contributed by atoms with E-state index in [1.165, 1.54) is 94.1 Å². The van der Waals surface area contributed by atoms with Crippen LogP contribution in [0.1, 0.15) is 91.8 Å². The molecule has 0 aliphatic heterocycles. The minimum Gasteiger partial charge on any atom is -0.870 e.